The molecule has 0 aromatic heterocycles. The minimum atomic E-state index is -0.463. The van der Waals surface area contributed by atoms with Gasteiger partial charge in [0.1, 0.15) is 0 Å². The first kappa shape index (κ1) is 12.8. The second-order valence-corrected chi connectivity index (χ2v) is 4.67. The number of halogens is 1. The van der Waals surface area contributed by atoms with Crippen molar-refractivity contribution < 1.29 is 9.13 Å². The summed E-state index contributed by atoms with van der Waals surface area (Å²) in [5.74, 6) is 0.233. The summed E-state index contributed by atoms with van der Waals surface area (Å²) in [7, 11) is 0. The maximum absolute atomic E-state index is 13.7. The third kappa shape index (κ3) is 2.99. The van der Waals surface area contributed by atoms with Gasteiger partial charge in [0, 0.05) is 0 Å². The summed E-state index contributed by atoms with van der Waals surface area (Å²) in [5, 5.41) is 12.0. The first-order valence-electron chi connectivity index (χ1n) is 6.27. The zero-order chi connectivity index (χ0) is 13.0. The number of nitrogens with one attached hydrogen (secondary N) is 1. The molecule has 4 heteroatoms. The van der Waals surface area contributed by atoms with Gasteiger partial charge in [0.05, 0.1) is 17.7 Å². The van der Waals surface area contributed by atoms with Crippen molar-refractivity contribution >= 4 is 0 Å². The highest BCUT2D eigenvalue weighted by molar-refractivity contribution is 5.36. The summed E-state index contributed by atoms with van der Waals surface area (Å²) in [6.07, 6.45) is 2.10. The monoisotopic (exact) mass is 248 g/mol. The first-order valence-corrected chi connectivity index (χ1v) is 6.27. The summed E-state index contributed by atoms with van der Waals surface area (Å²) in [6, 6.07) is 6.23. The Bertz CT molecular complexity index is 450. The zero-order valence-corrected chi connectivity index (χ0v) is 10.4. The Balaban J connectivity index is 2.02. The van der Waals surface area contributed by atoms with Gasteiger partial charge in [-0.3, -0.25) is 0 Å². The van der Waals surface area contributed by atoms with E-state index in [1.807, 2.05) is 13.0 Å². The SMILES string of the molecule is CC(Oc1ccc(C#N)cc1F)C1CCNCC1. The summed E-state index contributed by atoms with van der Waals surface area (Å²) < 4.78 is 19.3. The lowest BCUT2D eigenvalue weighted by atomic mass is 9.93. The van der Waals surface area contributed by atoms with Crippen molar-refractivity contribution in [2.75, 3.05) is 13.1 Å². The fourth-order valence-corrected chi connectivity index (χ4v) is 2.28. The fourth-order valence-electron chi connectivity index (χ4n) is 2.28. The number of nitrogens with zero attached hydrogens (tertiary/aromatic N) is 1. The molecule has 1 fully saturated rings. The van der Waals surface area contributed by atoms with Gasteiger partial charge in [0.15, 0.2) is 11.6 Å². The molecule has 96 valence electrons. The van der Waals surface area contributed by atoms with Crippen LogP contribution in [-0.4, -0.2) is 19.2 Å². The minimum Gasteiger partial charge on any atom is -0.487 e. The molecule has 0 saturated carbocycles. The quantitative estimate of drug-likeness (QED) is 0.893. The number of benzene rings is 1. The third-order valence-electron chi connectivity index (χ3n) is 3.42. The lowest BCUT2D eigenvalue weighted by Gasteiger charge is -2.28. The highest BCUT2D eigenvalue weighted by atomic mass is 19.1. The van der Waals surface area contributed by atoms with Crippen LogP contribution in [0, 0.1) is 23.1 Å². The molecule has 1 aliphatic heterocycles. The molecular weight excluding hydrogens is 231 g/mol. The molecule has 2 rings (SSSR count). The lowest BCUT2D eigenvalue weighted by Crippen LogP contribution is -2.35. The van der Waals surface area contributed by atoms with E-state index in [9.17, 15) is 4.39 Å². The molecule has 1 aromatic rings. The Morgan fingerprint density at radius 1 is 1.44 bits per heavy atom. The fraction of sp³-hybridized carbons (Fsp3) is 0.500. The zero-order valence-electron chi connectivity index (χ0n) is 10.4. The average Bonchev–Trinajstić information content (AvgIpc) is 2.42. The van der Waals surface area contributed by atoms with Crippen LogP contribution in [0.2, 0.25) is 0 Å². The van der Waals surface area contributed by atoms with Crippen molar-refractivity contribution in [3.63, 3.8) is 0 Å². The number of ether oxygens (including phenoxy) is 1. The minimum absolute atomic E-state index is 0.00506. The summed E-state index contributed by atoms with van der Waals surface area (Å²) >= 11 is 0. The van der Waals surface area contributed by atoms with Crippen molar-refractivity contribution in [3.8, 4) is 11.8 Å². The topological polar surface area (TPSA) is 45.0 Å². The van der Waals surface area contributed by atoms with E-state index in [4.69, 9.17) is 10.00 Å². The van der Waals surface area contributed by atoms with Gasteiger partial charge in [-0.15, -0.1) is 0 Å². The Morgan fingerprint density at radius 3 is 2.78 bits per heavy atom. The molecule has 18 heavy (non-hydrogen) atoms. The molecule has 1 heterocycles. The molecule has 0 aliphatic carbocycles. The van der Waals surface area contributed by atoms with Crippen LogP contribution in [0.4, 0.5) is 4.39 Å². The molecule has 1 aromatic carbocycles. The number of hydrogen-bond acceptors (Lipinski definition) is 3. The Hall–Kier alpha value is -1.60. The van der Waals surface area contributed by atoms with Gasteiger partial charge in [0.25, 0.3) is 0 Å². The second kappa shape index (κ2) is 5.83. The van der Waals surface area contributed by atoms with E-state index >= 15 is 0 Å². The number of nitriles is 1. The molecule has 1 saturated heterocycles. The lowest BCUT2D eigenvalue weighted by molar-refractivity contribution is 0.123. The number of hydrogen-bond donors (Lipinski definition) is 1. The third-order valence-corrected chi connectivity index (χ3v) is 3.42. The Kier molecular flexibility index (Phi) is 4.16. The molecule has 1 atom stereocenters. The van der Waals surface area contributed by atoms with Crippen LogP contribution in [0.5, 0.6) is 5.75 Å². The summed E-state index contributed by atoms with van der Waals surface area (Å²) in [5.41, 5.74) is 0.314. The van der Waals surface area contributed by atoms with Crippen molar-refractivity contribution in [2.24, 2.45) is 5.92 Å². The van der Waals surface area contributed by atoms with Crippen molar-refractivity contribution in [2.45, 2.75) is 25.9 Å². The van der Waals surface area contributed by atoms with Gasteiger partial charge < -0.3 is 10.1 Å². The van der Waals surface area contributed by atoms with E-state index in [1.54, 1.807) is 6.07 Å². The normalized spacial score (nSPS) is 18.1. The van der Waals surface area contributed by atoms with Crippen LogP contribution >= 0.6 is 0 Å². The highest BCUT2D eigenvalue weighted by Crippen LogP contribution is 2.24. The van der Waals surface area contributed by atoms with Crippen molar-refractivity contribution in [3.05, 3.63) is 29.6 Å². The van der Waals surface area contributed by atoms with Crippen molar-refractivity contribution in [1.82, 2.24) is 5.32 Å². The maximum atomic E-state index is 13.7. The van der Waals surface area contributed by atoms with E-state index in [-0.39, 0.29) is 11.9 Å². The van der Waals surface area contributed by atoms with E-state index in [1.165, 1.54) is 12.1 Å². The van der Waals surface area contributed by atoms with E-state index < -0.39 is 5.82 Å². The molecular formula is C14H17FN2O. The standard InChI is InChI=1S/C14H17FN2O/c1-10(12-4-6-17-7-5-12)18-14-3-2-11(9-16)8-13(14)15/h2-3,8,10,12,17H,4-7H2,1H3. The maximum Gasteiger partial charge on any atom is 0.166 e. The largest absolute Gasteiger partial charge is 0.487 e. The predicted molar refractivity (Wildman–Crippen MR) is 66.8 cm³/mol. The van der Waals surface area contributed by atoms with Crippen LogP contribution in [0.15, 0.2) is 18.2 Å². The molecule has 1 aliphatic rings. The molecule has 0 amide bonds. The first-order chi connectivity index (χ1) is 8.70. The molecule has 0 radical (unpaired) electrons. The molecule has 0 spiro atoms. The van der Waals surface area contributed by atoms with Crippen LogP contribution in [0.3, 0.4) is 0 Å². The van der Waals surface area contributed by atoms with E-state index in [0.29, 0.717) is 11.5 Å². The number of rotatable bonds is 3. The molecule has 0 bridgehead atoms. The molecule has 1 unspecified atom stereocenters. The van der Waals surface area contributed by atoms with Crippen LogP contribution in [-0.2, 0) is 0 Å². The van der Waals surface area contributed by atoms with Gasteiger partial charge >= 0.3 is 0 Å². The Labute approximate surface area is 107 Å². The predicted octanol–water partition coefficient (Wildman–Crippen LogP) is 2.46. The number of piperidine rings is 1. The van der Waals surface area contributed by atoms with E-state index in [2.05, 4.69) is 5.32 Å². The van der Waals surface area contributed by atoms with Crippen molar-refractivity contribution in [1.29, 1.82) is 5.26 Å². The summed E-state index contributed by atoms with van der Waals surface area (Å²) in [4.78, 5) is 0. The highest BCUT2D eigenvalue weighted by Gasteiger charge is 2.22. The van der Waals surface area contributed by atoms with Gasteiger partial charge in [0.2, 0.25) is 0 Å². The molecule has 1 N–H and O–H groups in total. The van der Waals surface area contributed by atoms with Crippen LogP contribution in [0.25, 0.3) is 0 Å². The van der Waals surface area contributed by atoms with Crippen LogP contribution < -0.4 is 10.1 Å². The van der Waals surface area contributed by atoms with Gasteiger partial charge in [-0.2, -0.15) is 5.26 Å². The van der Waals surface area contributed by atoms with Gasteiger partial charge in [-0.1, -0.05) is 0 Å². The summed E-state index contributed by atoms with van der Waals surface area (Å²) in [6.45, 7) is 3.97. The smallest absolute Gasteiger partial charge is 0.166 e. The second-order valence-electron chi connectivity index (χ2n) is 4.67. The van der Waals surface area contributed by atoms with Gasteiger partial charge in [-0.25, -0.2) is 4.39 Å². The average molecular weight is 248 g/mol. The Morgan fingerprint density at radius 2 is 2.17 bits per heavy atom. The van der Waals surface area contributed by atoms with Crippen LogP contribution in [0.1, 0.15) is 25.3 Å². The molecule has 3 nitrogen and oxygen atoms in total. The van der Waals surface area contributed by atoms with E-state index in [0.717, 1.165) is 25.9 Å². The van der Waals surface area contributed by atoms with Gasteiger partial charge in [-0.05, 0) is 57.0 Å².